The van der Waals surface area contributed by atoms with Gasteiger partial charge in [0.2, 0.25) is 0 Å². The molecule has 0 spiro atoms. The molecule has 0 aromatic heterocycles. The molecule has 0 aromatic rings. The van der Waals surface area contributed by atoms with Crippen LogP contribution in [0.2, 0.25) is 0 Å². The van der Waals surface area contributed by atoms with Crippen molar-refractivity contribution in [1.82, 2.24) is 4.90 Å². The van der Waals surface area contributed by atoms with Crippen molar-refractivity contribution in [1.29, 1.82) is 5.41 Å². The van der Waals surface area contributed by atoms with E-state index in [2.05, 4.69) is 0 Å². The third kappa shape index (κ3) is 3.09. The normalized spacial score (nSPS) is 23.9. The first-order chi connectivity index (χ1) is 7.36. The summed E-state index contributed by atoms with van der Waals surface area (Å²) in [6.45, 7) is 3.03. The lowest BCUT2D eigenvalue weighted by molar-refractivity contribution is 0.0410. The molecule has 15 heavy (non-hydrogen) atoms. The molecule has 4 nitrogen and oxygen atoms in total. The van der Waals surface area contributed by atoms with Crippen molar-refractivity contribution in [2.24, 2.45) is 0 Å². The highest BCUT2D eigenvalue weighted by Gasteiger charge is 2.20. The SMILES string of the molecule is N=C(OC1CCCCC1)N1CCOCC1. The van der Waals surface area contributed by atoms with Crippen molar-refractivity contribution in [2.45, 2.75) is 38.2 Å². The molecule has 1 aliphatic carbocycles. The molecule has 2 fully saturated rings. The lowest BCUT2D eigenvalue weighted by Crippen LogP contribution is -2.42. The fourth-order valence-corrected chi connectivity index (χ4v) is 2.18. The second-order valence-electron chi connectivity index (χ2n) is 4.28. The highest BCUT2D eigenvalue weighted by atomic mass is 16.5. The van der Waals surface area contributed by atoms with Gasteiger partial charge < -0.3 is 14.4 Å². The molecule has 86 valence electrons. The topological polar surface area (TPSA) is 45.5 Å². The monoisotopic (exact) mass is 212 g/mol. The van der Waals surface area contributed by atoms with E-state index in [-0.39, 0.29) is 6.10 Å². The smallest absolute Gasteiger partial charge is 0.284 e. The second-order valence-corrected chi connectivity index (χ2v) is 4.28. The Bertz CT molecular complexity index is 209. The molecular weight excluding hydrogens is 192 g/mol. The summed E-state index contributed by atoms with van der Waals surface area (Å²) >= 11 is 0. The summed E-state index contributed by atoms with van der Waals surface area (Å²) in [4.78, 5) is 1.97. The zero-order valence-electron chi connectivity index (χ0n) is 9.21. The summed E-state index contributed by atoms with van der Waals surface area (Å²) in [5, 5.41) is 7.87. The molecule has 0 radical (unpaired) electrons. The summed E-state index contributed by atoms with van der Waals surface area (Å²) in [7, 11) is 0. The molecule has 1 heterocycles. The van der Waals surface area contributed by atoms with Crippen LogP contribution in [0.15, 0.2) is 0 Å². The molecule has 2 aliphatic rings. The number of ether oxygens (including phenoxy) is 2. The average molecular weight is 212 g/mol. The maximum Gasteiger partial charge on any atom is 0.284 e. The minimum absolute atomic E-state index is 0.286. The molecule has 1 saturated carbocycles. The first-order valence-electron chi connectivity index (χ1n) is 5.94. The Balaban J connectivity index is 1.74. The van der Waals surface area contributed by atoms with Crippen LogP contribution in [0.1, 0.15) is 32.1 Å². The fraction of sp³-hybridized carbons (Fsp3) is 0.909. The number of nitrogens with zero attached hydrogens (tertiary/aromatic N) is 1. The Morgan fingerprint density at radius 1 is 1.13 bits per heavy atom. The third-order valence-corrected chi connectivity index (χ3v) is 3.13. The molecular formula is C11H20N2O2. The van der Waals surface area contributed by atoms with E-state index in [9.17, 15) is 0 Å². The Morgan fingerprint density at radius 3 is 2.47 bits per heavy atom. The van der Waals surface area contributed by atoms with Gasteiger partial charge in [0.25, 0.3) is 6.02 Å². The number of nitrogens with one attached hydrogen (secondary N) is 1. The fourth-order valence-electron chi connectivity index (χ4n) is 2.18. The maximum absolute atomic E-state index is 7.87. The number of amidine groups is 1. The average Bonchev–Trinajstić information content (AvgIpc) is 2.31. The van der Waals surface area contributed by atoms with Crippen molar-refractivity contribution < 1.29 is 9.47 Å². The Labute approximate surface area is 91.0 Å². The van der Waals surface area contributed by atoms with Crippen LogP contribution in [-0.2, 0) is 9.47 Å². The van der Waals surface area contributed by atoms with Gasteiger partial charge in [-0.1, -0.05) is 6.42 Å². The summed E-state index contributed by atoms with van der Waals surface area (Å²) in [6, 6.07) is 0.352. The number of hydrogen-bond donors (Lipinski definition) is 1. The predicted molar refractivity (Wildman–Crippen MR) is 58.1 cm³/mol. The van der Waals surface area contributed by atoms with Gasteiger partial charge in [-0.15, -0.1) is 0 Å². The molecule has 4 heteroatoms. The molecule has 0 amide bonds. The molecule has 0 aromatic carbocycles. The Morgan fingerprint density at radius 2 is 1.80 bits per heavy atom. The van der Waals surface area contributed by atoms with Gasteiger partial charge in [-0.3, -0.25) is 5.41 Å². The van der Waals surface area contributed by atoms with E-state index in [0.29, 0.717) is 6.02 Å². The molecule has 1 N–H and O–H groups in total. The number of morpholine rings is 1. The zero-order chi connectivity index (χ0) is 10.5. The lowest BCUT2D eigenvalue weighted by Gasteiger charge is -2.31. The van der Waals surface area contributed by atoms with Crippen molar-refractivity contribution in [3.05, 3.63) is 0 Å². The minimum Gasteiger partial charge on any atom is -0.462 e. The van der Waals surface area contributed by atoms with Crippen LogP contribution in [0.25, 0.3) is 0 Å². The second kappa shape index (κ2) is 5.35. The summed E-state index contributed by atoms with van der Waals surface area (Å²) in [6.07, 6.45) is 6.35. The van der Waals surface area contributed by atoms with Gasteiger partial charge in [-0.05, 0) is 25.7 Å². The van der Waals surface area contributed by atoms with Crippen LogP contribution in [0.4, 0.5) is 0 Å². The summed E-state index contributed by atoms with van der Waals surface area (Å²) in [5.41, 5.74) is 0. The number of rotatable bonds is 1. The van der Waals surface area contributed by atoms with Crippen LogP contribution >= 0.6 is 0 Å². The van der Waals surface area contributed by atoms with Gasteiger partial charge in [0.05, 0.1) is 13.2 Å². The standard InChI is InChI=1S/C11H20N2O2/c12-11(13-6-8-14-9-7-13)15-10-4-2-1-3-5-10/h10,12H,1-9H2. The molecule has 0 unspecified atom stereocenters. The predicted octanol–water partition coefficient (Wildman–Crippen LogP) is 1.60. The molecule has 2 rings (SSSR count). The first-order valence-corrected chi connectivity index (χ1v) is 5.94. The largest absolute Gasteiger partial charge is 0.462 e. The van der Waals surface area contributed by atoms with Gasteiger partial charge in [-0.25, -0.2) is 0 Å². The van der Waals surface area contributed by atoms with Crippen LogP contribution in [0, 0.1) is 5.41 Å². The van der Waals surface area contributed by atoms with Gasteiger partial charge >= 0.3 is 0 Å². The van der Waals surface area contributed by atoms with E-state index in [1.54, 1.807) is 0 Å². The summed E-state index contributed by atoms with van der Waals surface area (Å²) in [5.74, 6) is 0. The van der Waals surface area contributed by atoms with E-state index in [1.807, 2.05) is 4.90 Å². The first kappa shape index (κ1) is 10.7. The van der Waals surface area contributed by atoms with Crippen LogP contribution in [0.5, 0.6) is 0 Å². The highest BCUT2D eigenvalue weighted by Crippen LogP contribution is 2.20. The van der Waals surface area contributed by atoms with Crippen molar-refractivity contribution in [3.63, 3.8) is 0 Å². The lowest BCUT2D eigenvalue weighted by atomic mass is 9.98. The van der Waals surface area contributed by atoms with E-state index in [1.165, 1.54) is 19.3 Å². The summed E-state index contributed by atoms with van der Waals surface area (Å²) < 4.78 is 10.9. The Hall–Kier alpha value is -0.770. The van der Waals surface area contributed by atoms with Gasteiger partial charge in [0.15, 0.2) is 0 Å². The van der Waals surface area contributed by atoms with Crippen molar-refractivity contribution in [2.75, 3.05) is 26.3 Å². The van der Waals surface area contributed by atoms with E-state index in [4.69, 9.17) is 14.9 Å². The van der Waals surface area contributed by atoms with Crippen LogP contribution in [0.3, 0.4) is 0 Å². The van der Waals surface area contributed by atoms with E-state index in [0.717, 1.165) is 39.1 Å². The van der Waals surface area contributed by atoms with Gasteiger partial charge in [0.1, 0.15) is 6.10 Å². The van der Waals surface area contributed by atoms with Crippen molar-refractivity contribution >= 4 is 6.02 Å². The van der Waals surface area contributed by atoms with Crippen LogP contribution < -0.4 is 0 Å². The Kier molecular flexibility index (Phi) is 3.83. The van der Waals surface area contributed by atoms with E-state index < -0.39 is 0 Å². The third-order valence-electron chi connectivity index (χ3n) is 3.13. The maximum atomic E-state index is 7.87. The zero-order valence-corrected chi connectivity index (χ0v) is 9.21. The van der Waals surface area contributed by atoms with E-state index >= 15 is 0 Å². The van der Waals surface area contributed by atoms with Gasteiger partial charge in [-0.2, -0.15) is 0 Å². The van der Waals surface area contributed by atoms with Crippen molar-refractivity contribution in [3.8, 4) is 0 Å². The molecule has 1 aliphatic heterocycles. The highest BCUT2D eigenvalue weighted by molar-refractivity contribution is 5.70. The number of hydrogen-bond acceptors (Lipinski definition) is 3. The quantitative estimate of drug-likeness (QED) is 0.530. The van der Waals surface area contributed by atoms with Crippen LogP contribution in [-0.4, -0.2) is 43.3 Å². The molecule has 0 atom stereocenters. The molecule has 0 bridgehead atoms. The molecule has 1 saturated heterocycles. The minimum atomic E-state index is 0.286. The van der Waals surface area contributed by atoms with Gasteiger partial charge in [0, 0.05) is 13.1 Å².